The Morgan fingerprint density at radius 1 is 1.53 bits per heavy atom. The minimum Gasteiger partial charge on any atom is -0.467 e. The topological polar surface area (TPSA) is 102 Å². The number of carbonyl (C=O) groups is 2. The fraction of sp³-hybridized carbons (Fsp3) is 0.455. The van der Waals surface area contributed by atoms with E-state index in [0.717, 1.165) is 0 Å². The molecule has 0 aromatic carbocycles. The van der Waals surface area contributed by atoms with Crippen LogP contribution in [0, 0.1) is 0 Å². The minimum absolute atomic E-state index is 0.0652. The fourth-order valence-corrected chi connectivity index (χ4v) is 1.79. The largest absolute Gasteiger partial charge is 0.467 e. The Morgan fingerprint density at radius 2 is 2.32 bits per heavy atom. The second kappa shape index (κ2) is 5.61. The Hall–Kier alpha value is -2.22. The number of hydrogen-bond acceptors (Lipinski definition) is 6. The summed E-state index contributed by atoms with van der Waals surface area (Å²) in [7, 11) is 1.25. The molecule has 102 valence electrons. The third-order valence-corrected chi connectivity index (χ3v) is 2.76. The highest BCUT2D eigenvalue weighted by Crippen LogP contribution is 2.11. The zero-order chi connectivity index (χ0) is 13.8. The average Bonchev–Trinajstić information content (AvgIpc) is 2.46. The molecule has 0 saturated carbocycles. The summed E-state index contributed by atoms with van der Waals surface area (Å²) in [6.45, 7) is 0.684. The maximum Gasteiger partial charge on any atom is 0.331 e. The van der Waals surface area contributed by atoms with Gasteiger partial charge in [-0.3, -0.25) is 9.59 Å². The summed E-state index contributed by atoms with van der Waals surface area (Å²) in [6.07, 6.45) is 0. The normalized spacial score (nSPS) is 19.0. The third-order valence-electron chi connectivity index (χ3n) is 2.76. The number of nitrogens with zero attached hydrogens (tertiary/aromatic N) is 2. The second-order valence-corrected chi connectivity index (χ2v) is 3.92. The number of aromatic nitrogens is 2. The Bertz CT molecular complexity index is 521. The number of ether oxygens (including phenoxy) is 2. The molecule has 0 spiro atoms. The molecule has 0 aliphatic carbocycles. The van der Waals surface area contributed by atoms with Crippen LogP contribution < -0.4 is 5.56 Å². The quantitative estimate of drug-likeness (QED) is 0.674. The van der Waals surface area contributed by atoms with Crippen LogP contribution in [0.25, 0.3) is 0 Å². The van der Waals surface area contributed by atoms with E-state index in [-0.39, 0.29) is 18.8 Å². The summed E-state index contributed by atoms with van der Waals surface area (Å²) < 4.78 is 9.80. The van der Waals surface area contributed by atoms with E-state index in [2.05, 4.69) is 14.9 Å². The molecule has 1 atom stereocenters. The number of esters is 1. The van der Waals surface area contributed by atoms with Crippen LogP contribution in [0.15, 0.2) is 16.9 Å². The van der Waals surface area contributed by atoms with Crippen molar-refractivity contribution >= 4 is 11.9 Å². The third kappa shape index (κ3) is 2.79. The zero-order valence-electron chi connectivity index (χ0n) is 10.3. The van der Waals surface area contributed by atoms with Crippen LogP contribution in [0.5, 0.6) is 0 Å². The number of carbonyl (C=O) groups excluding carboxylic acids is 2. The minimum atomic E-state index is -0.792. The summed E-state index contributed by atoms with van der Waals surface area (Å²) in [5.74, 6) is -0.993. The van der Waals surface area contributed by atoms with E-state index >= 15 is 0 Å². The lowest BCUT2D eigenvalue weighted by atomic mass is 10.2. The number of H-pyrrole nitrogens is 1. The maximum atomic E-state index is 12.2. The van der Waals surface area contributed by atoms with Gasteiger partial charge in [0.25, 0.3) is 11.5 Å². The van der Waals surface area contributed by atoms with Crippen molar-refractivity contribution < 1.29 is 19.1 Å². The zero-order valence-corrected chi connectivity index (χ0v) is 10.3. The number of aromatic amines is 1. The van der Waals surface area contributed by atoms with Gasteiger partial charge in [-0.1, -0.05) is 0 Å². The van der Waals surface area contributed by atoms with Gasteiger partial charge in [0, 0.05) is 12.6 Å². The van der Waals surface area contributed by atoms with Gasteiger partial charge in [-0.2, -0.15) is 5.10 Å². The van der Waals surface area contributed by atoms with Crippen molar-refractivity contribution in [1.82, 2.24) is 15.1 Å². The first-order valence-electron chi connectivity index (χ1n) is 5.65. The number of morpholine rings is 1. The standard InChI is InChI=1S/C11H13N3O5/c1-18-11(17)8-6-19-5-4-14(8)10(16)7-2-3-9(15)13-12-7/h2-3,8H,4-6H2,1H3,(H,13,15). The van der Waals surface area contributed by atoms with Crippen molar-refractivity contribution in [3.05, 3.63) is 28.2 Å². The van der Waals surface area contributed by atoms with Gasteiger partial charge in [-0.05, 0) is 6.07 Å². The van der Waals surface area contributed by atoms with Crippen LogP contribution in [0.2, 0.25) is 0 Å². The Kier molecular flexibility index (Phi) is 3.91. The highest BCUT2D eigenvalue weighted by Gasteiger charge is 2.34. The molecule has 1 aliphatic rings. The van der Waals surface area contributed by atoms with Crippen LogP contribution in [-0.2, 0) is 14.3 Å². The van der Waals surface area contributed by atoms with E-state index < -0.39 is 23.5 Å². The number of rotatable bonds is 2. The Balaban J connectivity index is 2.22. The SMILES string of the molecule is COC(=O)C1COCCN1C(=O)c1ccc(=O)[nH]n1. The van der Waals surface area contributed by atoms with Crippen molar-refractivity contribution in [3.63, 3.8) is 0 Å². The molecule has 1 aromatic heterocycles. The smallest absolute Gasteiger partial charge is 0.331 e. The lowest BCUT2D eigenvalue weighted by Gasteiger charge is -2.33. The fourth-order valence-electron chi connectivity index (χ4n) is 1.79. The van der Waals surface area contributed by atoms with E-state index in [0.29, 0.717) is 6.61 Å². The molecule has 1 fully saturated rings. The lowest BCUT2D eigenvalue weighted by Crippen LogP contribution is -2.53. The lowest BCUT2D eigenvalue weighted by molar-refractivity contribution is -0.151. The average molecular weight is 267 g/mol. The summed E-state index contributed by atoms with van der Waals surface area (Å²) in [5, 5.41) is 5.83. The van der Waals surface area contributed by atoms with Gasteiger partial charge >= 0.3 is 5.97 Å². The van der Waals surface area contributed by atoms with E-state index in [1.165, 1.54) is 24.1 Å². The van der Waals surface area contributed by atoms with E-state index in [1.807, 2.05) is 0 Å². The number of methoxy groups -OCH3 is 1. The van der Waals surface area contributed by atoms with Crippen molar-refractivity contribution in [3.8, 4) is 0 Å². The molecule has 1 saturated heterocycles. The van der Waals surface area contributed by atoms with Crippen molar-refractivity contribution in [2.24, 2.45) is 0 Å². The Labute approximate surface area is 108 Å². The summed E-state index contributed by atoms with van der Waals surface area (Å²) >= 11 is 0. The van der Waals surface area contributed by atoms with Crippen LogP contribution >= 0.6 is 0 Å². The second-order valence-electron chi connectivity index (χ2n) is 3.92. The van der Waals surface area contributed by atoms with Gasteiger partial charge in [-0.25, -0.2) is 9.89 Å². The number of amides is 1. The molecule has 0 bridgehead atoms. The first kappa shape index (κ1) is 13.2. The highest BCUT2D eigenvalue weighted by molar-refractivity contribution is 5.95. The molecular formula is C11H13N3O5. The van der Waals surface area contributed by atoms with Crippen molar-refractivity contribution in [1.29, 1.82) is 0 Å². The van der Waals surface area contributed by atoms with Crippen molar-refractivity contribution in [2.45, 2.75) is 6.04 Å². The summed E-state index contributed by atoms with van der Waals surface area (Å²) in [6, 6.07) is 1.72. The van der Waals surface area contributed by atoms with Gasteiger partial charge in [0.05, 0.1) is 20.3 Å². The molecule has 0 radical (unpaired) electrons. The van der Waals surface area contributed by atoms with E-state index in [4.69, 9.17) is 4.74 Å². The predicted molar refractivity (Wildman–Crippen MR) is 62.5 cm³/mol. The van der Waals surface area contributed by atoms with Crippen LogP contribution in [0.1, 0.15) is 10.5 Å². The molecule has 19 heavy (non-hydrogen) atoms. The van der Waals surface area contributed by atoms with Crippen LogP contribution in [0.3, 0.4) is 0 Å². The van der Waals surface area contributed by atoms with Crippen molar-refractivity contribution in [2.75, 3.05) is 26.9 Å². The number of nitrogens with one attached hydrogen (secondary N) is 1. The van der Waals surface area contributed by atoms with Gasteiger partial charge in [0.1, 0.15) is 5.69 Å². The highest BCUT2D eigenvalue weighted by atomic mass is 16.5. The molecule has 8 nitrogen and oxygen atoms in total. The Morgan fingerprint density at radius 3 is 2.95 bits per heavy atom. The first-order valence-corrected chi connectivity index (χ1v) is 5.65. The maximum absolute atomic E-state index is 12.2. The van der Waals surface area contributed by atoms with E-state index in [9.17, 15) is 14.4 Å². The molecule has 8 heteroatoms. The van der Waals surface area contributed by atoms with Crippen LogP contribution in [-0.4, -0.2) is 59.9 Å². The molecule has 1 aromatic rings. The molecule has 1 unspecified atom stereocenters. The van der Waals surface area contributed by atoms with Gasteiger partial charge < -0.3 is 14.4 Å². The monoisotopic (exact) mass is 267 g/mol. The molecule has 2 heterocycles. The first-order chi connectivity index (χ1) is 9.13. The molecule has 1 aliphatic heterocycles. The van der Waals surface area contributed by atoms with Gasteiger partial charge in [0.15, 0.2) is 6.04 Å². The van der Waals surface area contributed by atoms with Gasteiger partial charge in [-0.15, -0.1) is 0 Å². The van der Waals surface area contributed by atoms with Crippen LogP contribution in [0.4, 0.5) is 0 Å². The number of hydrogen-bond donors (Lipinski definition) is 1. The van der Waals surface area contributed by atoms with E-state index in [1.54, 1.807) is 0 Å². The molecular weight excluding hydrogens is 254 g/mol. The molecule has 1 N–H and O–H groups in total. The molecule has 1 amide bonds. The summed E-state index contributed by atoms with van der Waals surface area (Å²) in [4.78, 5) is 36.0. The summed E-state index contributed by atoms with van der Waals surface area (Å²) in [5.41, 5.74) is -0.335. The predicted octanol–water partition coefficient (Wildman–Crippen LogP) is -1.22. The molecule has 2 rings (SSSR count). The van der Waals surface area contributed by atoms with Gasteiger partial charge in [0.2, 0.25) is 0 Å².